The van der Waals surface area contributed by atoms with E-state index in [1.54, 1.807) is 18.2 Å². The van der Waals surface area contributed by atoms with Gasteiger partial charge in [0.1, 0.15) is 15.9 Å². The Bertz CT molecular complexity index is 649. The SMILES string of the molecule is O=[N+]([O-])c1cc(Cl)nc(Oc2cccc(Cl)c2Cl)c1. The zero-order valence-electron chi connectivity index (χ0n) is 9.14. The van der Waals surface area contributed by atoms with Crippen LogP contribution in [0.25, 0.3) is 0 Å². The molecule has 0 aliphatic rings. The second-order valence-electron chi connectivity index (χ2n) is 3.40. The van der Waals surface area contributed by atoms with Crippen LogP contribution in [0.4, 0.5) is 5.69 Å². The molecule has 1 aromatic carbocycles. The molecule has 0 fully saturated rings. The van der Waals surface area contributed by atoms with Gasteiger partial charge in [0.2, 0.25) is 5.88 Å². The quantitative estimate of drug-likeness (QED) is 0.465. The molecule has 0 aliphatic carbocycles. The van der Waals surface area contributed by atoms with Crippen LogP contribution < -0.4 is 4.74 Å². The molecule has 0 unspecified atom stereocenters. The number of nitrogens with zero attached hydrogens (tertiary/aromatic N) is 2. The van der Waals surface area contributed by atoms with Gasteiger partial charge in [0.05, 0.1) is 22.1 Å². The first-order chi connectivity index (χ1) is 8.97. The van der Waals surface area contributed by atoms with Crippen LogP contribution in [0.2, 0.25) is 15.2 Å². The van der Waals surface area contributed by atoms with Crippen molar-refractivity contribution in [3.8, 4) is 11.6 Å². The molecule has 1 aromatic heterocycles. The van der Waals surface area contributed by atoms with Crippen molar-refractivity contribution in [2.75, 3.05) is 0 Å². The molecular formula is C11H5Cl3N2O3. The lowest BCUT2D eigenvalue weighted by Gasteiger charge is -2.07. The van der Waals surface area contributed by atoms with Crippen molar-refractivity contribution >= 4 is 40.5 Å². The van der Waals surface area contributed by atoms with Crippen molar-refractivity contribution in [2.45, 2.75) is 0 Å². The van der Waals surface area contributed by atoms with Crippen LogP contribution in [0, 0.1) is 10.1 Å². The van der Waals surface area contributed by atoms with Gasteiger partial charge >= 0.3 is 0 Å². The third-order valence-corrected chi connectivity index (χ3v) is 3.09. The predicted molar refractivity (Wildman–Crippen MR) is 72.4 cm³/mol. The zero-order chi connectivity index (χ0) is 14.0. The van der Waals surface area contributed by atoms with Gasteiger partial charge in [-0.2, -0.15) is 0 Å². The van der Waals surface area contributed by atoms with Gasteiger partial charge in [0.25, 0.3) is 5.69 Å². The second kappa shape index (κ2) is 5.61. The fourth-order valence-corrected chi connectivity index (χ4v) is 1.82. The van der Waals surface area contributed by atoms with Gasteiger partial charge in [0, 0.05) is 0 Å². The minimum Gasteiger partial charge on any atom is -0.437 e. The lowest BCUT2D eigenvalue weighted by atomic mass is 10.3. The smallest absolute Gasteiger partial charge is 0.277 e. The van der Waals surface area contributed by atoms with E-state index >= 15 is 0 Å². The molecule has 8 heteroatoms. The van der Waals surface area contributed by atoms with Crippen LogP contribution in [-0.2, 0) is 0 Å². The molecule has 0 saturated carbocycles. The van der Waals surface area contributed by atoms with Gasteiger partial charge < -0.3 is 4.74 Å². The van der Waals surface area contributed by atoms with Crippen LogP contribution in [0.5, 0.6) is 11.6 Å². The van der Waals surface area contributed by atoms with Crippen molar-refractivity contribution < 1.29 is 9.66 Å². The average Bonchev–Trinajstić information content (AvgIpc) is 2.34. The fourth-order valence-electron chi connectivity index (χ4n) is 1.29. The van der Waals surface area contributed by atoms with Gasteiger partial charge in [-0.1, -0.05) is 40.9 Å². The number of aromatic nitrogens is 1. The van der Waals surface area contributed by atoms with Gasteiger partial charge in [-0.3, -0.25) is 10.1 Å². The highest BCUT2D eigenvalue weighted by Crippen LogP contribution is 2.35. The van der Waals surface area contributed by atoms with Gasteiger partial charge in [-0.05, 0) is 12.1 Å². The molecule has 19 heavy (non-hydrogen) atoms. The first-order valence-corrected chi connectivity index (χ1v) is 6.04. The molecular weight excluding hydrogens is 314 g/mol. The summed E-state index contributed by atoms with van der Waals surface area (Å²) in [6.07, 6.45) is 0. The van der Waals surface area contributed by atoms with Crippen molar-refractivity contribution in [2.24, 2.45) is 0 Å². The maximum atomic E-state index is 10.7. The monoisotopic (exact) mass is 318 g/mol. The highest BCUT2D eigenvalue weighted by atomic mass is 35.5. The van der Waals surface area contributed by atoms with E-state index < -0.39 is 4.92 Å². The molecule has 0 saturated heterocycles. The molecule has 5 nitrogen and oxygen atoms in total. The topological polar surface area (TPSA) is 65.3 Å². The maximum absolute atomic E-state index is 10.7. The Hall–Kier alpha value is -1.56. The first-order valence-electron chi connectivity index (χ1n) is 4.91. The highest BCUT2D eigenvalue weighted by molar-refractivity contribution is 6.42. The summed E-state index contributed by atoms with van der Waals surface area (Å²) >= 11 is 17.4. The average molecular weight is 320 g/mol. The van der Waals surface area contributed by atoms with E-state index in [1.165, 1.54) is 0 Å². The number of nitro groups is 1. The van der Waals surface area contributed by atoms with E-state index in [2.05, 4.69) is 4.98 Å². The molecule has 2 aromatic rings. The number of hydrogen-bond acceptors (Lipinski definition) is 4. The minimum atomic E-state index is -0.597. The van der Waals surface area contributed by atoms with Crippen molar-refractivity contribution in [1.82, 2.24) is 4.98 Å². The Morgan fingerprint density at radius 2 is 1.95 bits per heavy atom. The summed E-state index contributed by atoms with van der Waals surface area (Å²) in [6.45, 7) is 0. The van der Waals surface area contributed by atoms with Crippen molar-refractivity contribution in [3.63, 3.8) is 0 Å². The van der Waals surface area contributed by atoms with Crippen molar-refractivity contribution in [1.29, 1.82) is 0 Å². The number of pyridine rings is 1. The summed E-state index contributed by atoms with van der Waals surface area (Å²) in [7, 11) is 0. The van der Waals surface area contributed by atoms with Gasteiger partial charge in [0.15, 0.2) is 0 Å². The summed E-state index contributed by atoms with van der Waals surface area (Å²) in [5.41, 5.74) is -0.229. The summed E-state index contributed by atoms with van der Waals surface area (Å²) in [5.74, 6) is 0.196. The molecule has 2 rings (SSSR count). The van der Waals surface area contributed by atoms with E-state index in [4.69, 9.17) is 39.5 Å². The number of rotatable bonds is 3. The van der Waals surface area contributed by atoms with E-state index in [1.807, 2.05) is 0 Å². The molecule has 0 N–H and O–H groups in total. The van der Waals surface area contributed by atoms with Gasteiger partial charge in [-0.25, -0.2) is 4.98 Å². The Labute approximate surface area is 122 Å². The largest absolute Gasteiger partial charge is 0.437 e. The summed E-state index contributed by atoms with van der Waals surface area (Å²) < 4.78 is 5.35. The highest BCUT2D eigenvalue weighted by Gasteiger charge is 2.13. The van der Waals surface area contributed by atoms with E-state index in [0.29, 0.717) is 5.02 Å². The van der Waals surface area contributed by atoms with Gasteiger partial charge in [-0.15, -0.1) is 0 Å². The third kappa shape index (κ3) is 3.26. The van der Waals surface area contributed by atoms with Crippen LogP contribution in [0.1, 0.15) is 0 Å². The van der Waals surface area contributed by atoms with Crippen LogP contribution >= 0.6 is 34.8 Å². The van der Waals surface area contributed by atoms with Crippen LogP contribution in [-0.4, -0.2) is 9.91 Å². The van der Waals surface area contributed by atoms with E-state index in [9.17, 15) is 10.1 Å². The standard InChI is InChI=1S/C11H5Cl3N2O3/c12-7-2-1-3-8(11(7)14)19-10-5-6(16(17)18)4-9(13)15-10/h1-5H. The van der Waals surface area contributed by atoms with Crippen LogP contribution in [0.15, 0.2) is 30.3 Å². The molecule has 0 bridgehead atoms. The Balaban J connectivity index is 2.38. The fraction of sp³-hybridized carbons (Fsp3) is 0. The normalized spacial score (nSPS) is 10.3. The number of ether oxygens (including phenoxy) is 1. The lowest BCUT2D eigenvalue weighted by molar-refractivity contribution is -0.385. The van der Waals surface area contributed by atoms with Crippen LogP contribution in [0.3, 0.4) is 0 Å². The summed E-state index contributed by atoms with van der Waals surface area (Å²) in [4.78, 5) is 13.9. The number of halogens is 3. The molecule has 0 radical (unpaired) electrons. The molecule has 0 amide bonds. The lowest BCUT2D eigenvalue weighted by Crippen LogP contribution is -1.93. The second-order valence-corrected chi connectivity index (χ2v) is 4.57. The maximum Gasteiger partial charge on any atom is 0.277 e. The molecule has 98 valence electrons. The first kappa shape index (κ1) is 13.9. The third-order valence-electron chi connectivity index (χ3n) is 2.10. The Kier molecular flexibility index (Phi) is 4.09. The Morgan fingerprint density at radius 1 is 1.21 bits per heavy atom. The molecule has 0 aliphatic heterocycles. The Morgan fingerprint density at radius 3 is 2.63 bits per heavy atom. The summed E-state index contributed by atoms with van der Waals surface area (Å²) in [6, 6.07) is 7.03. The zero-order valence-corrected chi connectivity index (χ0v) is 11.4. The molecule has 0 atom stereocenters. The number of hydrogen-bond donors (Lipinski definition) is 0. The minimum absolute atomic E-state index is 0.0385. The summed E-state index contributed by atoms with van der Waals surface area (Å²) in [5, 5.41) is 11.1. The van der Waals surface area contributed by atoms with E-state index in [0.717, 1.165) is 12.1 Å². The predicted octanol–water partition coefficient (Wildman–Crippen LogP) is 4.74. The molecule has 0 spiro atoms. The van der Waals surface area contributed by atoms with E-state index in [-0.39, 0.29) is 27.5 Å². The van der Waals surface area contributed by atoms with Crippen molar-refractivity contribution in [3.05, 3.63) is 55.6 Å². The number of benzene rings is 1. The molecule has 1 heterocycles.